The Morgan fingerprint density at radius 1 is 0.818 bits per heavy atom. The van der Waals surface area contributed by atoms with Crippen LogP contribution in [0.15, 0.2) is 24.3 Å². The molecule has 0 aliphatic heterocycles. The maximum Gasteiger partial charge on any atom is 0.335 e. The Balaban J connectivity index is 3.61. The van der Waals surface area contributed by atoms with E-state index in [-0.39, 0.29) is 0 Å². The van der Waals surface area contributed by atoms with Gasteiger partial charge in [0.05, 0.1) is 13.2 Å². The zero-order valence-electron chi connectivity index (χ0n) is 13.8. The molecule has 0 heterocycles. The molecule has 0 aromatic carbocycles. The van der Waals surface area contributed by atoms with Crippen molar-refractivity contribution in [3.05, 3.63) is 24.3 Å². The van der Waals surface area contributed by atoms with Gasteiger partial charge in [-0.15, -0.1) is 0 Å². The average Bonchev–Trinajstić information content (AvgIpc) is 2.42. The molecule has 126 valence electrons. The van der Waals surface area contributed by atoms with E-state index in [1.54, 1.807) is 27.7 Å². The van der Waals surface area contributed by atoms with Crippen molar-refractivity contribution in [3.63, 3.8) is 0 Å². The average molecular weight is 314 g/mol. The Bertz CT molecular complexity index is 363. The first-order valence-corrected chi connectivity index (χ1v) is 7.20. The topological polar surface area (TPSA) is 71.1 Å². The molecule has 0 aromatic heterocycles. The zero-order chi connectivity index (χ0) is 17.1. The second-order valence-corrected chi connectivity index (χ2v) is 4.96. The lowest BCUT2D eigenvalue weighted by Crippen LogP contribution is -2.20. The van der Waals surface area contributed by atoms with Crippen molar-refractivity contribution in [3.8, 4) is 0 Å². The van der Waals surface area contributed by atoms with Gasteiger partial charge in [-0.05, 0) is 40.5 Å². The molecule has 2 atom stereocenters. The fourth-order valence-corrected chi connectivity index (χ4v) is 1.27. The summed E-state index contributed by atoms with van der Waals surface area (Å²) in [5, 5.41) is 0. The highest BCUT2D eigenvalue weighted by molar-refractivity contribution is 5.87. The first-order valence-electron chi connectivity index (χ1n) is 7.20. The second-order valence-electron chi connectivity index (χ2n) is 4.96. The van der Waals surface area contributed by atoms with Gasteiger partial charge in [-0.1, -0.05) is 13.2 Å². The lowest BCUT2D eigenvalue weighted by atomic mass is 10.3. The lowest BCUT2D eigenvalue weighted by molar-refractivity contribution is -0.173. The monoisotopic (exact) mass is 314 g/mol. The summed E-state index contributed by atoms with van der Waals surface area (Å²) in [7, 11) is 0. The molecule has 0 fully saturated rings. The fraction of sp³-hybridized carbons (Fsp3) is 0.625. The molecule has 0 bridgehead atoms. The molecule has 2 unspecified atom stereocenters. The van der Waals surface area contributed by atoms with Crippen LogP contribution in [0.4, 0.5) is 0 Å². The quantitative estimate of drug-likeness (QED) is 0.253. The highest BCUT2D eigenvalue weighted by Crippen LogP contribution is 2.04. The third-order valence-corrected chi connectivity index (χ3v) is 2.49. The van der Waals surface area contributed by atoms with Gasteiger partial charge in [-0.25, -0.2) is 9.59 Å². The van der Waals surface area contributed by atoms with Crippen LogP contribution in [0.5, 0.6) is 0 Å². The van der Waals surface area contributed by atoms with Crippen LogP contribution < -0.4 is 0 Å². The molecule has 0 spiro atoms. The van der Waals surface area contributed by atoms with E-state index in [1.807, 2.05) is 0 Å². The van der Waals surface area contributed by atoms with Gasteiger partial charge in [0.15, 0.2) is 12.6 Å². The summed E-state index contributed by atoms with van der Waals surface area (Å²) in [5.74, 6) is -0.937. The summed E-state index contributed by atoms with van der Waals surface area (Å²) in [6, 6.07) is 0. The number of carbonyl (C=O) groups is 2. The van der Waals surface area contributed by atoms with Crippen molar-refractivity contribution in [2.24, 2.45) is 0 Å². The van der Waals surface area contributed by atoms with E-state index in [0.29, 0.717) is 24.4 Å². The maximum absolute atomic E-state index is 11.2. The Morgan fingerprint density at radius 2 is 1.14 bits per heavy atom. The van der Waals surface area contributed by atoms with E-state index in [2.05, 4.69) is 13.2 Å². The van der Waals surface area contributed by atoms with Crippen LogP contribution in [0.25, 0.3) is 0 Å². The second kappa shape index (κ2) is 11.0. The Morgan fingerprint density at radius 3 is 1.41 bits per heavy atom. The molecule has 22 heavy (non-hydrogen) atoms. The minimum absolute atomic E-state index is 0.335. The van der Waals surface area contributed by atoms with Crippen molar-refractivity contribution in [2.45, 2.75) is 53.1 Å². The summed E-state index contributed by atoms with van der Waals surface area (Å²) in [5.41, 5.74) is 0.671. The van der Waals surface area contributed by atoms with Crippen molar-refractivity contribution < 1.29 is 28.5 Å². The third kappa shape index (κ3) is 10.1. The number of rotatable bonds is 11. The van der Waals surface area contributed by atoms with E-state index in [9.17, 15) is 9.59 Å². The van der Waals surface area contributed by atoms with E-state index in [0.717, 1.165) is 12.8 Å². The molecule has 6 nitrogen and oxygen atoms in total. The van der Waals surface area contributed by atoms with Crippen LogP contribution in [0.3, 0.4) is 0 Å². The van der Waals surface area contributed by atoms with Gasteiger partial charge in [0.2, 0.25) is 0 Å². The molecule has 0 saturated heterocycles. The fourth-order valence-electron chi connectivity index (χ4n) is 1.27. The van der Waals surface area contributed by atoms with Crippen LogP contribution in [-0.4, -0.2) is 37.7 Å². The smallest absolute Gasteiger partial charge is 0.335 e. The van der Waals surface area contributed by atoms with Gasteiger partial charge >= 0.3 is 11.9 Å². The minimum Gasteiger partial charge on any atom is -0.433 e. The van der Waals surface area contributed by atoms with E-state index in [4.69, 9.17) is 18.9 Å². The van der Waals surface area contributed by atoms with Crippen LogP contribution in [0, 0.1) is 0 Å². The Hall–Kier alpha value is -1.66. The van der Waals surface area contributed by atoms with Gasteiger partial charge in [-0.3, -0.25) is 0 Å². The Kier molecular flexibility index (Phi) is 10.2. The molecule has 0 amide bonds. The van der Waals surface area contributed by atoms with Crippen LogP contribution in [0.1, 0.15) is 40.5 Å². The summed E-state index contributed by atoms with van der Waals surface area (Å²) in [4.78, 5) is 22.5. The molecule has 0 aliphatic rings. The molecule has 0 N–H and O–H groups in total. The van der Waals surface area contributed by atoms with Gasteiger partial charge in [0.25, 0.3) is 0 Å². The van der Waals surface area contributed by atoms with Gasteiger partial charge < -0.3 is 18.9 Å². The molecule has 0 saturated carbocycles. The lowest BCUT2D eigenvalue weighted by Gasteiger charge is -2.15. The number of hydrogen-bond acceptors (Lipinski definition) is 6. The highest BCUT2D eigenvalue weighted by Gasteiger charge is 2.11. The zero-order valence-corrected chi connectivity index (χ0v) is 13.8. The van der Waals surface area contributed by atoms with Crippen molar-refractivity contribution in [1.82, 2.24) is 0 Å². The summed E-state index contributed by atoms with van der Waals surface area (Å²) >= 11 is 0. The van der Waals surface area contributed by atoms with E-state index < -0.39 is 24.5 Å². The predicted octanol–water partition coefficient (Wildman–Crippen LogP) is 2.73. The summed E-state index contributed by atoms with van der Waals surface area (Å²) < 4.78 is 20.6. The first-order chi connectivity index (χ1) is 10.2. The third-order valence-electron chi connectivity index (χ3n) is 2.49. The number of carbonyl (C=O) groups excluding carboxylic acids is 2. The van der Waals surface area contributed by atoms with E-state index >= 15 is 0 Å². The number of hydrogen-bond donors (Lipinski definition) is 0. The van der Waals surface area contributed by atoms with Crippen LogP contribution in [-0.2, 0) is 28.5 Å². The normalized spacial score (nSPS) is 13.1. The van der Waals surface area contributed by atoms with Gasteiger partial charge in [0.1, 0.15) is 0 Å². The largest absolute Gasteiger partial charge is 0.433 e. The number of esters is 2. The number of ether oxygens (including phenoxy) is 4. The summed E-state index contributed by atoms with van der Waals surface area (Å²) in [6.07, 6.45) is 0.243. The van der Waals surface area contributed by atoms with Crippen molar-refractivity contribution in [1.29, 1.82) is 0 Å². The highest BCUT2D eigenvalue weighted by atomic mass is 16.7. The van der Waals surface area contributed by atoms with Crippen molar-refractivity contribution in [2.75, 3.05) is 13.2 Å². The standard InChI is InChI=1S/C16H26O6/c1-11(2)15(17)21-13(5)19-9-7-8-10-20-14(6)22-16(18)12(3)4/h13-14H,1,3,7-10H2,2,4-6H3. The molecule has 6 heteroatoms. The number of unbranched alkanes of at least 4 members (excludes halogenated alkanes) is 1. The molecule has 0 aliphatic carbocycles. The van der Waals surface area contributed by atoms with Crippen LogP contribution >= 0.6 is 0 Å². The molecule has 0 aromatic rings. The molecule has 0 rings (SSSR count). The van der Waals surface area contributed by atoms with E-state index in [1.165, 1.54) is 0 Å². The Labute approximate surface area is 132 Å². The minimum atomic E-state index is -0.611. The van der Waals surface area contributed by atoms with Gasteiger partial charge in [0, 0.05) is 11.1 Å². The van der Waals surface area contributed by atoms with Crippen LogP contribution in [0.2, 0.25) is 0 Å². The molecular weight excluding hydrogens is 288 g/mol. The van der Waals surface area contributed by atoms with Crippen molar-refractivity contribution >= 4 is 11.9 Å². The summed E-state index contributed by atoms with van der Waals surface area (Å²) in [6.45, 7) is 14.3. The molecule has 0 radical (unpaired) electrons. The van der Waals surface area contributed by atoms with Gasteiger partial charge in [-0.2, -0.15) is 0 Å². The molecular formula is C16H26O6. The first kappa shape index (κ1) is 20.3. The maximum atomic E-state index is 11.2. The predicted molar refractivity (Wildman–Crippen MR) is 81.9 cm³/mol. The SMILES string of the molecule is C=C(C)C(=O)OC(C)OCCCCOC(C)OC(=O)C(=C)C.